The first kappa shape index (κ1) is 16.1. The summed E-state index contributed by atoms with van der Waals surface area (Å²) in [6.45, 7) is 1.92. The SMILES string of the molecule is CC(N)CCSCC(=O)NC1CS(=O)(=O)CC1Cl. The maximum Gasteiger partial charge on any atom is 0.230 e. The van der Waals surface area contributed by atoms with E-state index in [4.69, 9.17) is 17.3 Å². The molecule has 0 bridgehead atoms. The molecule has 3 N–H and O–H groups in total. The zero-order valence-corrected chi connectivity index (χ0v) is 12.7. The van der Waals surface area contributed by atoms with Crippen molar-refractivity contribution in [3.63, 3.8) is 0 Å². The lowest BCUT2D eigenvalue weighted by Gasteiger charge is -2.14. The number of halogens is 1. The molecule has 18 heavy (non-hydrogen) atoms. The number of thioether (sulfide) groups is 1. The van der Waals surface area contributed by atoms with Crippen LogP contribution in [0.15, 0.2) is 0 Å². The Morgan fingerprint density at radius 2 is 2.22 bits per heavy atom. The van der Waals surface area contributed by atoms with E-state index in [2.05, 4.69) is 5.32 Å². The summed E-state index contributed by atoms with van der Waals surface area (Å²) < 4.78 is 22.6. The molecule has 1 fully saturated rings. The fourth-order valence-electron chi connectivity index (χ4n) is 1.62. The predicted molar refractivity (Wildman–Crippen MR) is 75.8 cm³/mol. The van der Waals surface area contributed by atoms with Gasteiger partial charge in [-0.3, -0.25) is 4.79 Å². The highest BCUT2D eigenvalue weighted by molar-refractivity contribution is 7.99. The van der Waals surface area contributed by atoms with Crippen LogP contribution in [0.3, 0.4) is 0 Å². The molecule has 0 radical (unpaired) electrons. The number of carbonyl (C=O) groups is 1. The van der Waals surface area contributed by atoms with E-state index in [1.807, 2.05) is 6.92 Å². The first-order chi connectivity index (χ1) is 8.30. The summed E-state index contributed by atoms with van der Waals surface area (Å²) in [6.07, 6.45) is 0.855. The van der Waals surface area contributed by atoms with Gasteiger partial charge in [0.25, 0.3) is 0 Å². The molecule has 106 valence electrons. The van der Waals surface area contributed by atoms with E-state index < -0.39 is 21.3 Å². The van der Waals surface area contributed by atoms with Crippen LogP contribution in [0.1, 0.15) is 13.3 Å². The second-order valence-electron chi connectivity index (χ2n) is 4.59. The number of alkyl halides is 1. The Labute approximate surface area is 117 Å². The summed E-state index contributed by atoms with van der Waals surface area (Å²) >= 11 is 7.38. The third-order valence-corrected chi connectivity index (χ3v) is 5.95. The largest absolute Gasteiger partial charge is 0.350 e. The summed E-state index contributed by atoms with van der Waals surface area (Å²) in [4.78, 5) is 11.6. The Kier molecular flexibility index (Phi) is 6.23. The lowest BCUT2D eigenvalue weighted by molar-refractivity contribution is -0.119. The van der Waals surface area contributed by atoms with Crippen LogP contribution in [0.25, 0.3) is 0 Å². The fourth-order valence-corrected chi connectivity index (χ4v) is 5.12. The molecule has 0 saturated carbocycles. The summed E-state index contributed by atoms with van der Waals surface area (Å²) in [5.41, 5.74) is 5.59. The Bertz CT molecular complexity index is 387. The van der Waals surface area contributed by atoms with Crippen LogP contribution in [0.2, 0.25) is 0 Å². The molecule has 0 spiro atoms. The molecule has 0 aliphatic carbocycles. The van der Waals surface area contributed by atoms with Crippen molar-refractivity contribution in [1.82, 2.24) is 5.32 Å². The quantitative estimate of drug-likeness (QED) is 0.531. The van der Waals surface area contributed by atoms with E-state index in [-0.39, 0.29) is 23.5 Å². The van der Waals surface area contributed by atoms with Gasteiger partial charge in [0.15, 0.2) is 9.84 Å². The lowest BCUT2D eigenvalue weighted by Crippen LogP contribution is -2.41. The Morgan fingerprint density at radius 1 is 1.56 bits per heavy atom. The van der Waals surface area contributed by atoms with Gasteiger partial charge in [-0.05, 0) is 19.1 Å². The molecule has 1 amide bonds. The number of nitrogens with two attached hydrogens (primary N) is 1. The molecule has 3 atom stereocenters. The van der Waals surface area contributed by atoms with Crippen LogP contribution >= 0.6 is 23.4 Å². The molecule has 1 aliphatic rings. The summed E-state index contributed by atoms with van der Waals surface area (Å²) in [7, 11) is -3.10. The van der Waals surface area contributed by atoms with E-state index in [1.54, 1.807) is 0 Å². The minimum Gasteiger partial charge on any atom is -0.350 e. The number of nitrogens with one attached hydrogen (secondary N) is 1. The van der Waals surface area contributed by atoms with Crippen LogP contribution in [0, 0.1) is 0 Å². The molecule has 1 heterocycles. The topological polar surface area (TPSA) is 89.3 Å². The normalized spacial score (nSPS) is 27.9. The number of amides is 1. The lowest BCUT2D eigenvalue weighted by atomic mass is 10.2. The predicted octanol–water partition coefficient (Wildman–Crippen LogP) is -0.0225. The van der Waals surface area contributed by atoms with Gasteiger partial charge in [-0.15, -0.1) is 11.6 Å². The van der Waals surface area contributed by atoms with Crippen molar-refractivity contribution >= 4 is 39.1 Å². The van der Waals surface area contributed by atoms with Gasteiger partial charge in [0.05, 0.1) is 28.7 Å². The van der Waals surface area contributed by atoms with Crippen LogP contribution in [0.5, 0.6) is 0 Å². The van der Waals surface area contributed by atoms with Gasteiger partial charge >= 0.3 is 0 Å². The smallest absolute Gasteiger partial charge is 0.230 e. The average molecular weight is 315 g/mol. The van der Waals surface area contributed by atoms with E-state index >= 15 is 0 Å². The number of hydrogen-bond donors (Lipinski definition) is 2. The van der Waals surface area contributed by atoms with E-state index in [0.29, 0.717) is 5.75 Å². The highest BCUT2D eigenvalue weighted by Crippen LogP contribution is 2.18. The van der Waals surface area contributed by atoms with Gasteiger partial charge in [-0.25, -0.2) is 8.42 Å². The minimum absolute atomic E-state index is 0.0581. The van der Waals surface area contributed by atoms with Crippen LogP contribution in [-0.2, 0) is 14.6 Å². The maximum atomic E-state index is 11.6. The standard InChI is InChI=1S/C10H19ClN2O3S2/c1-7(12)2-3-17-4-10(14)13-9-6-18(15,16)5-8(9)11/h7-9H,2-6,12H2,1H3,(H,13,14). The van der Waals surface area contributed by atoms with Crippen LogP contribution in [0.4, 0.5) is 0 Å². The van der Waals surface area contributed by atoms with Crippen molar-refractivity contribution in [3.8, 4) is 0 Å². The van der Waals surface area contributed by atoms with Gasteiger partial charge < -0.3 is 11.1 Å². The molecule has 1 saturated heterocycles. The van der Waals surface area contributed by atoms with E-state index in [9.17, 15) is 13.2 Å². The third kappa shape index (κ3) is 5.77. The Balaban J connectivity index is 2.24. The first-order valence-electron chi connectivity index (χ1n) is 5.77. The summed E-state index contributed by atoms with van der Waals surface area (Å²) in [5.74, 6) is 0.845. The Morgan fingerprint density at radius 3 is 2.72 bits per heavy atom. The second-order valence-corrected chi connectivity index (χ2v) is 8.41. The first-order valence-corrected chi connectivity index (χ1v) is 9.18. The highest BCUT2D eigenvalue weighted by Gasteiger charge is 2.37. The van der Waals surface area contributed by atoms with Crippen LogP contribution < -0.4 is 11.1 Å². The van der Waals surface area contributed by atoms with Crippen LogP contribution in [-0.4, -0.2) is 54.8 Å². The number of carbonyl (C=O) groups excluding carboxylic acids is 1. The van der Waals surface area contributed by atoms with Crippen molar-refractivity contribution in [1.29, 1.82) is 0 Å². The average Bonchev–Trinajstić information content (AvgIpc) is 2.46. The zero-order chi connectivity index (χ0) is 13.8. The van der Waals surface area contributed by atoms with E-state index in [0.717, 1.165) is 12.2 Å². The molecule has 0 aromatic rings. The van der Waals surface area contributed by atoms with Crippen molar-refractivity contribution in [2.75, 3.05) is 23.0 Å². The molecule has 8 heteroatoms. The summed E-state index contributed by atoms with van der Waals surface area (Å²) in [6, 6.07) is -0.328. The third-order valence-electron chi connectivity index (χ3n) is 2.58. The molecular formula is C10H19ClN2O3S2. The van der Waals surface area contributed by atoms with E-state index in [1.165, 1.54) is 11.8 Å². The molecule has 1 rings (SSSR count). The fraction of sp³-hybridized carbons (Fsp3) is 0.900. The molecule has 1 aliphatic heterocycles. The summed E-state index contributed by atoms with van der Waals surface area (Å²) in [5, 5.41) is 2.15. The van der Waals surface area contributed by atoms with Gasteiger partial charge in [0.2, 0.25) is 5.91 Å². The highest BCUT2D eigenvalue weighted by atomic mass is 35.5. The number of rotatable bonds is 6. The minimum atomic E-state index is -3.10. The Hall–Kier alpha value is 0.0200. The van der Waals surface area contributed by atoms with Crippen molar-refractivity contribution in [2.24, 2.45) is 5.73 Å². The van der Waals surface area contributed by atoms with Gasteiger partial charge in [-0.2, -0.15) is 11.8 Å². The van der Waals surface area contributed by atoms with Gasteiger partial charge in [-0.1, -0.05) is 0 Å². The van der Waals surface area contributed by atoms with Gasteiger partial charge in [0, 0.05) is 6.04 Å². The molecule has 0 aromatic carbocycles. The maximum absolute atomic E-state index is 11.6. The monoisotopic (exact) mass is 314 g/mol. The second kappa shape index (κ2) is 6.98. The van der Waals surface area contributed by atoms with Crippen molar-refractivity contribution in [2.45, 2.75) is 30.8 Å². The molecule has 5 nitrogen and oxygen atoms in total. The van der Waals surface area contributed by atoms with Gasteiger partial charge in [0.1, 0.15) is 0 Å². The molecule has 0 aromatic heterocycles. The van der Waals surface area contributed by atoms with Crippen molar-refractivity contribution < 1.29 is 13.2 Å². The zero-order valence-electron chi connectivity index (χ0n) is 10.3. The van der Waals surface area contributed by atoms with Crippen molar-refractivity contribution in [3.05, 3.63) is 0 Å². The molecular weight excluding hydrogens is 296 g/mol. The molecule has 3 unspecified atom stereocenters. The number of hydrogen-bond acceptors (Lipinski definition) is 5. The number of sulfone groups is 1.